The van der Waals surface area contributed by atoms with Crippen LogP contribution in [0.15, 0.2) is 0 Å². The number of hydrogen-bond donors (Lipinski definition) is 1. The Kier molecular flexibility index (Phi) is 3.48. The molecular formula is C15H27NO2. The second-order valence-corrected chi connectivity index (χ2v) is 6.81. The summed E-state index contributed by atoms with van der Waals surface area (Å²) in [7, 11) is 0. The van der Waals surface area contributed by atoms with E-state index in [2.05, 4.69) is 20.8 Å². The van der Waals surface area contributed by atoms with E-state index in [9.17, 15) is 4.79 Å². The zero-order chi connectivity index (χ0) is 13.6. The monoisotopic (exact) mass is 253 g/mol. The van der Waals surface area contributed by atoms with Gasteiger partial charge >= 0.3 is 5.97 Å². The molecule has 104 valence electrons. The summed E-state index contributed by atoms with van der Waals surface area (Å²) in [5, 5.41) is 0. The van der Waals surface area contributed by atoms with Crippen molar-refractivity contribution < 1.29 is 9.53 Å². The van der Waals surface area contributed by atoms with Crippen molar-refractivity contribution in [3.8, 4) is 0 Å². The summed E-state index contributed by atoms with van der Waals surface area (Å²) in [4.78, 5) is 12.1. The van der Waals surface area contributed by atoms with Gasteiger partial charge in [-0.3, -0.25) is 4.79 Å². The third-order valence-electron chi connectivity index (χ3n) is 6.19. The molecule has 4 unspecified atom stereocenters. The van der Waals surface area contributed by atoms with E-state index in [1.807, 2.05) is 6.92 Å². The van der Waals surface area contributed by atoms with Crippen LogP contribution >= 0.6 is 0 Å². The Bertz CT molecular complexity index is 339. The van der Waals surface area contributed by atoms with Gasteiger partial charge in [-0.05, 0) is 48.9 Å². The lowest BCUT2D eigenvalue weighted by atomic mass is 9.63. The lowest BCUT2D eigenvalue weighted by Gasteiger charge is -2.41. The number of rotatable bonds is 4. The molecule has 0 heterocycles. The minimum Gasteiger partial charge on any atom is -0.466 e. The predicted octanol–water partition coefficient (Wildman–Crippen LogP) is 2.59. The minimum absolute atomic E-state index is 0.0884. The van der Waals surface area contributed by atoms with Crippen LogP contribution in [0.5, 0.6) is 0 Å². The smallest absolute Gasteiger partial charge is 0.310 e. The molecule has 2 bridgehead atoms. The Balaban J connectivity index is 2.22. The first-order valence-electron chi connectivity index (χ1n) is 7.25. The van der Waals surface area contributed by atoms with E-state index >= 15 is 0 Å². The van der Waals surface area contributed by atoms with Gasteiger partial charge in [0.05, 0.1) is 12.5 Å². The highest BCUT2D eigenvalue weighted by molar-refractivity contribution is 5.73. The SMILES string of the molecule is CCOC(=O)C(CN)C1CC2CCC1(C)C2(C)C. The maximum atomic E-state index is 12.1. The van der Waals surface area contributed by atoms with Crippen LogP contribution in [-0.4, -0.2) is 19.1 Å². The molecule has 4 atom stereocenters. The van der Waals surface area contributed by atoms with Crippen molar-refractivity contribution >= 4 is 5.97 Å². The summed E-state index contributed by atoms with van der Waals surface area (Å²) in [6.45, 7) is 9.81. The van der Waals surface area contributed by atoms with E-state index in [-0.39, 0.29) is 17.3 Å². The topological polar surface area (TPSA) is 52.3 Å². The van der Waals surface area contributed by atoms with E-state index < -0.39 is 0 Å². The van der Waals surface area contributed by atoms with Crippen LogP contribution < -0.4 is 5.73 Å². The standard InChI is InChI=1S/C15H27NO2/c1-5-18-13(17)11(9-16)12-8-10-6-7-15(12,4)14(10,2)3/h10-12H,5-9,16H2,1-4H3. The van der Waals surface area contributed by atoms with Crippen molar-refractivity contribution in [1.82, 2.24) is 0 Å². The fourth-order valence-electron chi connectivity index (χ4n) is 4.55. The summed E-state index contributed by atoms with van der Waals surface area (Å²) in [5.41, 5.74) is 6.44. The third-order valence-corrected chi connectivity index (χ3v) is 6.19. The van der Waals surface area contributed by atoms with E-state index in [1.54, 1.807) is 0 Å². The van der Waals surface area contributed by atoms with Crippen molar-refractivity contribution in [2.24, 2.45) is 34.3 Å². The molecular weight excluding hydrogens is 226 g/mol. The van der Waals surface area contributed by atoms with Crippen LogP contribution in [-0.2, 0) is 9.53 Å². The van der Waals surface area contributed by atoms with Crippen LogP contribution in [0.4, 0.5) is 0 Å². The normalized spacial score (nSPS) is 38.7. The Labute approximate surface area is 110 Å². The number of carbonyl (C=O) groups is 1. The molecule has 0 aromatic heterocycles. The molecule has 0 amide bonds. The molecule has 3 heteroatoms. The van der Waals surface area contributed by atoms with Crippen molar-refractivity contribution in [2.75, 3.05) is 13.2 Å². The Morgan fingerprint density at radius 1 is 1.44 bits per heavy atom. The van der Waals surface area contributed by atoms with E-state index in [1.165, 1.54) is 12.8 Å². The minimum atomic E-state index is -0.112. The largest absolute Gasteiger partial charge is 0.466 e. The van der Waals surface area contributed by atoms with E-state index in [0.29, 0.717) is 24.5 Å². The first-order valence-corrected chi connectivity index (χ1v) is 7.25. The van der Waals surface area contributed by atoms with Crippen molar-refractivity contribution in [2.45, 2.75) is 47.0 Å². The molecule has 0 aromatic carbocycles. The van der Waals surface area contributed by atoms with Crippen LogP contribution in [0.3, 0.4) is 0 Å². The lowest BCUT2D eigenvalue weighted by molar-refractivity contribution is -0.152. The van der Waals surface area contributed by atoms with Crippen LogP contribution in [0, 0.1) is 28.6 Å². The van der Waals surface area contributed by atoms with Gasteiger partial charge in [-0.15, -0.1) is 0 Å². The number of fused-ring (bicyclic) bond motifs is 2. The maximum Gasteiger partial charge on any atom is 0.310 e. The molecule has 2 aliphatic rings. The second-order valence-electron chi connectivity index (χ2n) is 6.81. The molecule has 0 spiro atoms. The van der Waals surface area contributed by atoms with Crippen molar-refractivity contribution in [3.05, 3.63) is 0 Å². The summed E-state index contributed by atoms with van der Waals surface area (Å²) in [5.74, 6) is 0.945. The van der Waals surface area contributed by atoms with Gasteiger partial charge in [-0.1, -0.05) is 20.8 Å². The number of hydrogen-bond acceptors (Lipinski definition) is 3. The average Bonchev–Trinajstić information content (AvgIpc) is 2.63. The van der Waals surface area contributed by atoms with Gasteiger partial charge in [-0.25, -0.2) is 0 Å². The maximum absolute atomic E-state index is 12.1. The summed E-state index contributed by atoms with van der Waals surface area (Å²) in [6.07, 6.45) is 3.68. The molecule has 3 nitrogen and oxygen atoms in total. The zero-order valence-corrected chi connectivity index (χ0v) is 12.2. The second kappa shape index (κ2) is 4.52. The first kappa shape index (κ1) is 13.9. The Morgan fingerprint density at radius 2 is 2.11 bits per heavy atom. The van der Waals surface area contributed by atoms with E-state index in [4.69, 9.17) is 10.5 Å². The summed E-state index contributed by atoms with van der Waals surface area (Å²) in [6, 6.07) is 0. The number of ether oxygens (including phenoxy) is 1. The number of esters is 1. The highest BCUT2D eigenvalue weighted by Gasteiger charge is 2.63. The first-order chi connectivity index (χ1) is 8.38. The highest BCUT2D eigenvalue weighted by atomic mass is 16.5. The number of carbonyl (C=O) groups excluding carboxylic acids is 1. The molecule has 0 radical (unpaired) electrons. The molecule has 2 saturated carbocycles. The van der Waals surface area contributed by atoms with Crippen molar-refractivity contribution in [3.63, 3.8) is 0 Å². The Hall–Kier alpha value is -0.570. The molecule has 0 aliphatic heterocycles. The molecule has 0 saturated heterocycles. The highest BCUT2D eigenvalue weighted by Crippen LogP contribution is 2.69. The molecule has 0 aromatic rings. The van der Waals surface area contributed by atoms with Gasteiger partial charge in [0, 0.05) is 6.54 Å². The van der Waals surface area contributed by atoms with Gasteiger partial charge in [-0.2, -0.15) is 0 Å². The molecule has 2 fully saturated rings. The van der Waals surface area contributed by atoms with Gasteiger partial charge in [0.1, 0.15) is 0 Å². The zero-order valence-electron chi connectivity index (χ0n) is 12.2. The fourth-order valence-corrected chi connectivity index (χ4v) is 4.55. The Morgan fingerprint density at radius 3 is 2.50 bits per heavy atom. The van der Waals surface area contributed by atoms with Gasteiger partial charge in [0.15, 0.2) is 0 Å². The van der Waals surface area contributed by atoms with Crippen LogP contribution in [0.1, 0.15) is 47.0 Å². The molecule has 18 heavy (non-hydrogen) atoms. The predicted molar refractivity (Wildman–Crippen MR) is 71.9 cm³/mol. The number of nitrogens with two attached hydrogens (primary N) is 1. The van der Waals surface area contributed by atoms with Gasteiger partial charge in [0.2, 0.25) is 0 Å². The molecule has 2 N–H and O–H groups in total. The van der Waals surface area contributed by atoms with Gasteiger partial charge in [0.25, 0.3) is 0 Å². The molecule has 2 aliphatic carbocycles. The quantitative estimate of drug-likeness (QED) is 0.783. The third kappa shape index (κ3) is 1.70. The molecule has 2 rings (SSSR count). The average molecular weight is 253 g/mol. The fraction of sp³-hybridized carbons (Fsp3) is 0.933. The van der Waals surface area contributed by atoms with Gasteiger partial charge < -0.3 is 10.5 Å². The summed E-state index contributed by atoms with van der Waals surface area (Å²) >= 11 is 0. The lowest BCUT2D eigenvalue weighted by Crippen LogP contribution is -2.42. The van der Waals surface area contributed by atoms with Crippen LogP contribution in [0.2, 0.25) is 0 Å². The van der Waals surface area contributed by atoms with E-state index in [0.717, 1.165) is 12.3 Å². The van der Waals surface area contributed by atoms with Crippen molar-refractivity contribution in [1.29, 1.82) is 0 Å². The van der Waals surface area contributed by atoms with Crippen LogP contribution in [0.25, 0.3) is 0 Å². The summed E-state index contributed by atoms with van der Waals surface area (Å²) < 4.78 is 5.21.